The van der Waals surface area contributed by atoms with E-state index in [1.54, 1.807) is 24.3 Å². The molecule has 1 aliphatic rings. The number of halogens is 3. The van der Waals surface area contributed by atoms with Crippen LogP contribution in [0.15, 0.2) is 70.7 Å². The molecule has 0 unspecified atom stereocenters. The standard InChI is InChI=1S/C26H19BrCl2N2O4/c1-2-35-23-13-15(12-22(29)19(23)14-16-5-3-4-6-21(16)27)11-20-24(32)30-26(34)31(25(20)33)18-9-7-17(28)8-10-18/h3-13H,2,14H2,1H3,(H,30,32,34)/b20-11+. The number of imide groups is 2. The van der Waals surface area contributed by atoms with E-state index >= 15 is 0 Å². The van der Waals surface area contributed by atoms with Crippen LogP contribution in [0.3, 0.4) is 0 Å². The maximum absolute atomic E-state index is 13.2. The van der Waals surface area contributed by atoms with Gasteiger partial charge >= 0.3 is 6.03 Å². The predicted octanol–water partition coefficient (Wildman–Crippen LogP) is 6.41. The molecule has 3 aromatic carbocycles. The molecular formula is C26H19BrCl2N2O4. The summed E-state index contributed by atoms with van der Waals surface area (Å²) in [4.78, 5) is 39.0. The third-order valence-electron chi connectivity index (χ3n) is 5.30. The second kappa shape index (κ2) is 10.6. The highest BCUT2D eigenvalue weighted by Crippen LogP contribution is 2.34. The molecule has 6 nitrogen and oxygen atoms in total. The van der Waals surface area contributed by atoms with E-state index in [4.69, 9.17) is 27.9 Å². The summed E-state index contributed by atoms with van der Waals surface area (Å²) in [6.45, 7) is 2.26. The van der Waals surface area contributed by atoms with E-state index in [0.717, 1.165) is 20.5 Å². The van der Waals surface area contributed by atoms with Crippen molar-refractivity contribution in [1.29, 1.82) is 0 Å². The molecule has 4 rings (SSSR count). The van der Waals surface area contributed by atoms with Gasteiger partial charge in [0.2, 0.25) is 0 Å². The first-order chi connectivity index (χ1) is 16.8. The van der Waals surface area contributed by atoms with E-state index in [0.29, 0.717) is 34.4 Å². The van der Waals surface area contributed by atoms with E-state index in [-0.39, 0.29) is 11.3 Å². The van der Waals surface area contributed by atoms with Gasteiger partial charge in [-0.3, -0.25) is 14.9 Å². The Morgan fingerprint density at radius 2 is 1.74 bits per heavy atom. The number of barbiturate groups is 1. The van der Waals surface area contributed by atoms with E-state index in [1.807, 2.05) is 31.2 Å². The molecule has 9 heteroatoms. The fourth-order valence-corrected chi connectivity index (χ4v) is 4.49. The van der Waals surface area contributed by atoms with Crippen molar-refractivity contribution in [2.75, 3.05) is 11.5 Å². The van der Waals surface area contributed by atoms with Crippen LogP contribution in [-0.2, 0) is 16.0 Å². The van der Waals surface area contributed by atoms with Crippen LogP contribution in [0.5, 0.6) is 5.75 Å². The SMILES string of the molecule is CCOc1cc(/C=C2\C(=O)NC(=O)N(c3ccc(Cl)cc3)C2=O)cc(Cl)c1Cc1ccccc1Br. The molecule has 0 atom stereocenters. The van der Waals surface area contributed by atoms with Gasteiger partial charge in [-0.2, -0.15) is 0 Å². The largest absolute Gasteiger partial charge is 0.494 e. The Kier molecular flexibility index (Phi) is 7.60. The van der Waals surface area contributed by atoms with Crippen LogP contribution >= 0.6 is 39.1 Å². The van der Waals surface area contributed by atoms with E-state index in [9.17, 15) is 14.4 Å². The number of ether oxygens (including phenoxy) is 1. The van der Waals surface area contributed by atoms with Crippen LogP contribution in [0, 0.1) is 0 Å². The highest BCUT2D eigenvalue weighted by Gasteiger charge is 2.36. The number of anilines is 1. The van der Waals surface area contributed by atoms with E-state index in [1.165, 1.54) is 18.2 Å². The van der Waals surface area contributed by atoms with Crippen molar-refractivity contribution in [3.8, 4) is 5.75 Å². The fraction of sp³-hybridized carbons (Fsp3) is 0.115. The molecule has 1 N–H and O–H groups in total. The Morgan fingerprint density at radius 1 is 1.03 bits per heavy atom. The molecule has 0 aromatic heterocycles. The van der Waals surface area contributed by atoms with Gasteiger partial charge in [-0.25, -0.2) is 9.69 Å². The summed E-state index contributed by atoms with van der Waals surface area (Å²) < 4.78 is 6.79. The van der Waals surface area contributed by atoms with Crippen LogP contribution < -0.4 is 15.0 Å². The van der Waals surface area contributed by atoms with E-state index in [2.05, 4.69) is 21.2 Å². The molecular weight excluding hydrogens is 555 g/mol. The maximum Gasteiger partial charge on any atom is 0.335 e. The number of hydrogen-bond donors (Lipinski definition) is 1. The normalized spacial score (nSPS) is 14.9. The van der Waals surface area contributed by atoms with Gasteiger partial charge in [0.05, 0.1) is 12.3 Å². The Morgan fingerprint density at radius 3 is 2.43 bits per heavy atom. The summed E-state index contributed by atoms with van der Waals surface area (Å²) in [5, 5.41) is 3.08. The number of carbonyl (C=O) groups is 3. The summed E-state index contributed by atoms with van der Waals surface area (Å²) >= 11 is 16.1. The predicted molar refractivity (Wildman–Crippen MR) is 140 cm³/mol. The minimum atomic E-state index is -0.837. The van der Waals surface area contributed by atoms with Crippen molar-refractivity contribution in [3.63, 3.8) is 0 Å². The highest BCUT2D eigenvalue weighted by molar-refractivity contribution is 9.10. The molecule has 0 bridgehead atoms. The van der Waals surface area contributed by atoms with Crippen molar-refractivity contribution in [3.05, 3.63) is 97.4 Å². The molecule has 0 spiro atoms. The molecule has 35 heavy (non-hydrogen) atoms. The van der Waals surface area contributed by atoms with Gasteiger partial charge in [-0.15, -0.1) is 0 Å². The number of urea groups is 1. The average molecular weight is 574 g/mol. The fourth-order valence-electron chi connectivity index (χ4n) is 3.65. The number of carbonyl (C=O) groups excluding carboxylic acids is 3. The van der Waals surface area contributed by atoms with Gasteiger partial charge < -0.3 is 4.74 Å². The van der Waals surface area contributed by atoms with Gasteiger partial charge in [0, 0.05) is 26.5 Å². The number of amides is 4. The average Bonchev–Trinajstić information content (AvgIpc) is 2.81. The first-order valence-electron chi connectivity index (χ1n) is 10.6. The highest BCUT2D eigenvalue weighted by atomic mass is 79.9. The van der Waals surface area contributed by atoms with Crippen molar-refractivity contribution < 1.29 is 19.1 Å². The summed E-state index contributed by atoms with van der Waals surface area (Å²) in [6.07, 6.45) is 1.91. The molecule has 178 valence electrons. The van der Waals surface area contributed by atoms with Crippen LogP contribution in [0.1, 0.15) is 23.6 Å². The van der Waals surface area contributed by atoms with Crippen molar-refractivity contribution in [2.24, 2.45) is 0 Å². The molecule has 4 amide bonds. The summed E-state index contributed by atoms with van der Waals surface area (Å²) in [5.74, 6) is -1.01. The first kappa shape index (κ1) is 25.0. The van der Waals surface area contributed by atoms with Crippen LogP contribution in [-0.4, -0.2) is 24.5 Å². The first-order valence-corrected chi connectivity index (χ1v) is 12.2. The quantitative estimate of drug-likeness (QED) is 0.273. The molecule has 1 heterocycles. The second-order valence-electron chi connectivity index (χ2n) is 7.61. The van der Waals surface area contributed by atoms with Crippen molar-refractivity contribution in [2.45, 2.75) is 13.3 Å². The van der Waals surface area contributed by atoms with E-state index < -0.39 is 17.8 Å². The smallest absolute Gasteiger partial charge is 0.335 e. The molecule has 1 fully saturated rings. The topological polar surface area (TPSA) is 75.7 Å². The molecule has 1 saturated heterocycles. The molecule has 0 radical (unpaired) electrons. The Balaban J connectivity index is 1.72. The number of benzene rings is 3. The zero-order valence-corrected chi connectivity index (χ0v) is 21.6. The zero-order chi connectivity index (χ0) is 25.1. The Bertz CT molecular complexity index is 1360. The minimum absolute atomic E-state index is 0.211. The second-order valence-corrected chi connectivity index (χ2v) is 9.31. The van der Waals surface area contributed by atoms with Gasteiger partial charge in [0.1, 0.15) is 11.3 Å². The third-order valence-corrected chi connectivity index (χ3v) is 6.66. The number of nitrogens with one attached hydrogen (secondary N) is 1. The molecule has 0 saturated carbocycles. The summed E-state index contributed by atoms with van der Waals surface area (Å²) in [5.41, 5.74) is 2.36. The minimum Gasteiger partial charge on any atom is -0.494 e. The summed E-state index contributed by atoms with van der Waals surface area (Å²) in [7, 11) is 0. The monoisotopic (exact) mass is 572 g/mol. The third kappa shape index (κ3) is 5.42. The lowest BCUT2D eigenvalue weighted by Crippen LogP contribution is -2.54. The Labute approximate surface area is 220 Å². The number of rotatable bonds is 6. The van der Waals surface area contributed by atoms with Gasteiger partial charge in [-0.1, -0.05) is 57.3 Å². The van der Waals surface area contributed by atoms with Crippen LogP contribution in [0.25, 0.3) is 6.08 Å². The lowest BCUT2D eigenvalue weighted by atomic mass is 10.0. The van der Waals surface area contributed by atoms with Gasteiger partial charge in [0.15, 0.2) is 0 Å². The zero-order valence-electron chi connectivity index (χ0n) is 18.5. The van der Waals surface area contributed by atoms with Crippen LogP contribution in [0.4, 0.5) is 10.5 Å². The lowest BCUT2D eigenvalue weighted by molar-refractivity contribution is -0.122. The summed E-state index contributed by atoms with van der Waals surface area (Å²) in [6, 6.07) is 16.5. The van der Waals surface area contributed by atoms with Crippen LogP contribution in [0.2, 0.25) is 10.0 Å². The lowest BCUT2D eigenvalue weighted by Gasteiger charge is -2.26. The van der Waals surface area contributed by atoms with Gasteiger partial charge in [0.25, 0.3) is 11.8 Å². The maximum atomic E-state index is 13.2. The van der Waals surface area contributed by atoms with Crippen molar-refractivity contribution in [1.82, 2.24) is 5.32 Å². The van der Waals surface area contributed by atoms with Gasteiger partial charge in [-0.05, 0) is 66.6 Å². The number of hydrogen-bond acceptors (Lipinski definition) is 4. The van der Waals surface area contributed by atoms with Crippen molar-refractivity contribution >= 4 is 68.7 Å². The molecule has 3 aromatic rings. The molecule has 1 aliphatic heterocycles. The molecule has 0 aliphatic carbocycles. The number of nitrogens with zero attached hydrogens (tertiary/aromatic N) is 1. The Hall–Kier alpha value is -3.13.